The van der Waals surface area contributed by atoms with Crippen molar-refractivity contribution in [2.45, 2.75) is 51.4 Å². The van der Waals surface area contributed by atoms with Gasteiger partial charge in [0.2, 0.25) is 0 Å². The molecule has 1 atom stereocenters. The predicted octanol–water partition coefficient (Wildman–Crippen LogP) is 5.89. The fourth-order valence-electron chi connectivity index (χ4n) is 4.63. The fraction of sp³-hybridized carbons (Fsp3) is 0.400. The summed E-state index contributed by atoms with van der Waals surface area (Å²) in [7, 11) is 0. The van der Waals surface area contributed by atoms with Gasteiger partial charge in [-0.3, -0.25) is 4.98 Å². The van der Waals surface area contributed by atoms with Crippen LogP contribution in [-0.4, -0.2) is 34.2 Å². The number of nitrogens with zero attached hydrogens (tertiary/aromatic N) is 3. The van der Waals surface area contributed by atoms with Crippen LogP contribution in [0.2, 0.25) is 0 Å². The Hall–Kier alpha value is -3.04. The number of fused-ring (bicyclic) bond motifs is 1. The molecule has 1 aromatic carbocycles. The van der Waals surface area contributed by atoms with Crippen molar-refractivity contribution in [3.05, 3.63) is 64.7 Å². The lowest BCUT2D eigenvalue weighted by molar-refractivity contribution is -0.159. The molecule has 2 aromatic heterocycles. The van der Waals surface area contributed by atoms with Crippen LogP contribution < -0.4 is 5.32 Å². The van der Waals surface area contributed by atoms with E-state index in [4.69, 9.17) is 9.47 Å². The van der Waals surface area contributed by atoms with Gasteiger partial charge in [-0.25, -0.2) is 13.2 Å². The number of hydrogen-bond acceptors (Lipinski definition) is 6. The molecule has 2 aliphatic rings. The van der Waals surface area contributed by atoms with Crippen LogP contribution in [0.4, 0.5) is 19.0 Å². The summed E-state index contributed by atoms with van der Waals surface area (Å²) in [6, 6.07) is 5.38. The van der Waals surface area contributed by atoms with Crippen molar-refractivity contribution in [1.82, 2.24) is 15.2 Å². The summed E-state index contributed by atoms with van der Waals surface area (Å²) in [6.07, 6.45) is 3.29. The van der Waals surface area contributed by atoms with Crippen LogP contribution >= 0.6 is 0 Å². The summed E-state index contributed by atoms with van der Waals surface area (Å²) in [4.78, 5) is 4.62. The van der Waals surface area contributed by atoms with Gasteiger partial charge in [0.15, 0.2) is 11.6 Å². The molecule has 0 bridgehead atoms. The lowest BCUT2D eigenvalue weighted by Crippen LogP contribution is -2.31. The van der Waals surface area contributed by atoms with Crippen molar-refractivity contribution >= 4 is 22.3 Å². The number of aromatic nitrogens is 3. The highest BCUT2D eigenvalue weighted by molar-refractivity contribution is 5.92. The molecule has 1 N–H and O–H groups in total. The van der Waals surface area contributed by atoms with Crippen LogP contribution in [0, 0.1) is 12.7 Å². The molecule has 5 rings (SSSR count). The predicted molar refractivity (Wildman–Crippen MR) is 122 cm³/mol. The lowest BCUT2D eigenvalue weighted by atomic mass is 9.90. The molecule has 1 aliphatic carbocycles. The van der Waals surface area contributed by atoms with Crippen molar-refractivity contribution < 1.29 is 22.6 Å². The Morgan fingerprint density at radius 2 is 1.88 bits per heavy atom. The molecular weight excluding hydrogens is 445 g/mol. The van der Waals surface area contributed by atoms with Crippen LogP contribution in [0.3, 0.4) is 0 Å². The van der Waals surface area contributed by atoms with Crippen LogP contribution in [0.5, 0.6) is 0 Å². The fourth-order valence-corrected chi connectivity index (χ4v) is 4.63. The Bertz CT molecular complexity index is 1260. The molecule has 178 valence electrons. The second kappa shape index (κ2) is 8.96. The highest BCUT2D eigenvalue weighted by atomic mass is 19.3. The van der Waals surface area contributed by atoms with E-state index in [1.54, 1.807) is 6.92 Å². The number of pyridine rings is 1. The van der Waals surface area contributed by atoms with Gasteiger partial charge in [0.05, 0.1) is 36.0 Å². The third kappa shape index (κ3) is 4.14. The third-order valence-corrected chi connectivity index (χ3v) is 6.52. The number of ether oxygens (including phenoxy) is 2. The molecule has 1 saturated heterocycles. The average Bonchev–Trinajstić information content (AvgIpc) is 3.29. The standard InChI is InChI=1S/C25H25F3N4O2/c1-14(18-4-3-5-19(21(18)26)23(27)28)30-24-20-12-17(13-29-22(20)15(2)31-32-24)16-6-8-25(9-7-16)33-10-11-34-25/h3-6,12-14,23H,7-11H2,1-2H3,(H,30,32)/t14-/m1/s1. The van der Waals surface area contributed by atoms with Gasteiger partial charge < -0.3 is 14.8 Å². The first-order valence-corrected chi connectivity index (χ1v) is 11.3. The summed E-state index contributed by atoms with van der Waals surface area (Å²) in [5, 5.41) is 12.3. The number of nitrogens with one attached hydrogen (secondary N) is 1. The molecule has 0 unspecified atom stereocenters. The number of aryl methyl sites for hydroxylation is 1. The molecule has 1 spiro atoms. The molecule has 34 heavy (non-hydrogen) atoms. The van der Waals surface area contributed by atoms with Gasteiger partial charge in [-0.05, 0) is 37.5 Å². The number of rotatable bonds is 5. The number of hydrogen-bond donors (Lipinski definition) is 1. The summed E-state index contributed by atoms with van der Waals surface area (Å²) >= 11 is 0. The molecule has 0 radical (unpaired) electrons. The van der Waals surface area contributed by atoms with Gasteiger partial charge in [-0.15, -0.1) is 5.10 Å². The lowest BCUT2D eigenvalue weighted by Gasteiger charge is -2.30. The first kappa shape index (κ1) is 22.7. The van der Waals surface area contributed by atoms with Crippen LogP contribution in [0.25, 0.3) is 16.5 Å². The van der Waals surface area contributed by atoms with E-state index in [9.17, 15) is 13.2 Å². The quantitative estimate of drug-likeness (QED) is 0.501. The Morgan fingerprint density at radius 3 is 2.59 bits per heavy atom. The van der Waals surface area contributed by atoms with E-state index in [1.807, 2.05) is 19.2 Å². The second-order valence-electron chi connectivity index (χ2n) is 8.71. The third-order valence-electron chi connectivity index (χ3n) is 6.52. The molecule has 3 aromatic rings. The van der Waals surface area contributed by atoms with E-state index < -0.39 is 29.6 Å². The zero-order chi connectivity index (χ0) is 23.9. The molecule has 9 heteroatoms. The van der Waals surface area contributed by atoms with E-state index in [1.165, 1.54) is 12.1 Å². The van der Waals surface area contributed by atoms with Crippen molar-refractivity contribution in [2.24, 2.45) is 0 Å². The minimum atomic E-state index is -2.89. The maximum atomic E-state index is 14.7. The summed E-state index contributed by atoms with van der Waals surface area (Å²) in [5.41, 5.74) is 2.94. The monoisotopic (exact) mass is 470 g/mol. The Balaban J connectivity index is 1.47. The zero-order valence-electron chi connectivity index (χ0n) is 18.9. The maximum Gasteiger partial charge on any atom is 0.266 e. The average molecular weight is 470 g/mol. The van der Waals surface area contributed by atoms with Crippen molar-refractivity contribution in [1.29, 1.82) is 0 Å². The minimum Gasteiger partial charge on any atom is -0.361 e. The molecule has 0 saturated carbocycles. The Kier molecular flexibility index (Phi) is 5.99. The topological polar surface area (TPSA) is 69.2 Å². The molecule has 0 amide bonds. The molecule has 1 aliphatic heterocycles. The van der Waals surface area contributed by atoms with E-state index in [0.717, 1.165) is 35.4 Å². The van der Waals surface area contributed by atoms with Crippen LogP contribution in [-0.2, 0) is 9.47 Å². The van der Waals surface area contributed by atoms with Gasteiger partial charge >= 0.3 is 0 Å². The molecule has 3 heterocycles. The van der Waals surface area contributed by atoms with Gasteiger partial charge in [0, 0.05) is 30.0 Å². The number of halogens is 3. The van der Waals surface area contributed by atoms with E-state index in [2.05, 4.69) is 26.6 Å². The summed E-state index contributed by atoms with van der Waals surface area (Å²) in [6.45, 7) is 4.75. The number of allylic oxidation sites excluding steroid dienone is 1. The van der Waals surface area contributed by atoms with Crippen molar-refractivity contribution in [3.8, 4) is 0 Å². The Labute approximate surface area is 195 Å². The van der Waals surface area contributed by atoms with Gasteiger partial charge in [-0.2, -0.15) is 5.10 Å². The maximum absolute atomic E-state index is 14.7. The smallest absolute Gasteiger partial charge is 0.266 e. The van der Waals surface area contributed by atoms with Crippen molar-refractivity contribution in [2.75, 3.05) is 18.5 Å². The summed E-state index contributed by atoms with van der Waals surface area (Å²) < 4.78 is 52.6. The zero-order valence-corrected chi connectivity index (χ0v) is 18.9. The van der Waals surface area contributed by atoms with E-state index in [0.29, 0.717) is 36.7 Å². The van der Waals surface area contributed by atoms with Crippen LogP contribution in [0.15, 0.2) is 36.5 Å². The highest BCUT2D eigenvalue weighted by Crippen LogP contribution is 2.39. The number of alkyl halides is 2. The highest BCUT2D eigenvalue weighted by Gasteiger charge is 2.37. The summed E-state index contributed by atoms with van der Waals surface area (Å²) in [5.74, 6) is -1.01. The number of anilines is 1. The van der Waals surface area contributed by atoms with Crippen LogP contribution in [0.1, 0.15) is 61.0 Å². The first-order chi connectivity index (χ1) is 16.4. The molecule has 6 nitrogen and oxygen atoms in total. The minimum absolute atomic E-state index is 0.134. The SMILES string of the molecule is Cc1nnc(N[C@H](C)c2cccc(C(F)F)c2F)c2cc(C3=CCC4(CC3)OCCO4)cnc12. The van der Waals surface area contributed by atoms with Gasteiger partial charge in [-0.1, -0.05) is 24.3 Å². The largest absolute Gasteiger partial charge is 0.361 e. The Morgan fingerprint density at radius 1 is 1.12 bits per heavy atom. The van der Waals surface area contributed by atoms with Gasteiger partial charge in [0.1, 0.15) is 5.82 Å². The first-order valence-electron chi connectivity index (χ1n) is 11.3. The molecule has 1 fully saturated rings. The van der Waals surface area contributed by atoms with E-state index >= 15 is 0 Å². The second-order valence-corrected chi connectivity index (χ2v) is 8.71. The van der Waals surface area contributed by atoms with Gasteiger partial charge in [0.25, 0.3) is 6.43 Å². The number of benzene rings is 1. The van der Waals surface area contributed by atoms with E-state index in [-0.39, 0.29) is 5.56 Å². The molecular formula is C25H25F3N4O2. The normalized spacial score (nSPS) is 18.5. The van der Waals surface area contributed by atoms with Crippen molar-refractivity contribution in [3.63, 3.8) is 0 Å².